The molecule has 1 N–H and O–H groups in total. The minimum absolute atomic E-state index is 0.0836. The number of nitrogens with one attached hydrogen (secondary N) is 1. The molecule has 0 aliphatic heterocycles. The van der Waals surface area contributed by atoms with E-state index in [0.29, 0.717) is 44.0 Å². The Balaban J connectivity index is 1.88. The molecule has 0 aliphatic carbocycles. The summed E-state index contributed by atoms with van der Waals surface area (Å²) >= 11 is 6.07. The second-order valence-corrected chi connectivity index (χ2v) is 8.52. The Morgan fingerprint density at radius 1 is 0.912 bits per heavy atom. The molecular weight excluding hydrogens is 448 g/mol. The quantitative estimate of drug-likeness (QED) is 0.364. The van der Waals surface area contributed by atoms with Crippen molar-refractivity contribution in [3.8, 4) is 0 Å². The Kier molecular flexibility index (Phi) is 10.1. The molecule has 3 aromatic carbocycles. The number of carbonyl (C=O) groups is 2. The second-order valence-electron chi connectivity index (χ2n) is 8.08. The van der Waals surface area contributed by atoms with Crippen LogP contribution in [0.3, 0.4) is 0 Å². The van der Waals surface area contributed by atoms with E-state index in [0.717, 1.165) is 16.7 Å². The molecule has 0 unspecified atom stereocenters. The van der Waals surface area contributed by atoms with E-state index < -0.39 is 6.04 Å². The van der Waals surface area contributed by atoms with Crippen LogP contribution in [0.4, 0.5) is 0 Å². The highest BCUT2D eigenvalue weighted by Gasteiger charge is 2.31. The third-order valence-corrected chi connectivity index (χ3v) is 5.81. The molecule has 0 aliphatic rings. The maximum Gasteiger partial charge on any atom is 0.247 e. The van der Waals surface area contributed by atoms with Gasteiger partial charge in [0.15, 0.2) is 0 Å². The molecule has 6 heteroatoms. The first-order chi connectivity index (χ1) is 16.6. The smallest absolute Gasteiger partial charge is 0.247 e. The summed E-state index contributed by atoms with van der Waals surface area (Å²) in [7, 11) is 1.63. The average Bonchev–Trinajstić information content (AvgIpc) is 2.87. The van der Waals surface area contributed by atoms with Crippen LogP contribution in [0.2, 0.25) is 5.02 Å². The van der Waals surface area contributed by atoms with Crippen LogP contribution in [0, 0.1) is 0 Å². The van der Waals surface area contributed by atoms with Crippen LogP contribution in [-0.4, -0.2) is 37.0 Å². The Morgan fingerprint density at radius 3 is 2.21 bits per heavy atom. The van der Waals surface area contributed by atoms with Crippen molar-refractivity contribution in [3.05, 3.63) is 107 Å². The molecule has 3 aromatic rings. The van der Waals surface area contributed by atoms with E-state index in [4.69, 9.17) is 16.3 Å². The van der Waals surface area contributed by atoms with Crippen LogP contribution in [0.5, 0.6) is 0 Å². The zero-order chi connectivity index (χ0) is 24.2. The van der Waals surface area contributed by atoms with E-state index in [1.54, 1.807) is 24.1 Å². The number of hydrogen-bond donors (Lipinski definition) is 1. The van der Waals surface area contributed by atoms with Crippen molar-refractivity contribution in [2.75, 3.05) is 20.3 Å². The van der Waals surface area contributed by atoms with Gasteiger partial charge in [-0.05, 0) is 41.7 Å². The predicted octanol–water partition coefficient (Wildman–Crippen LogP) is 5.20. The largest absolute Gasteiger partial charge is 0.385 e. The molecule has 0 fully saturated rings. The molecule has 0 saturated heterocycles. The van der Waals surface area contributed by atoms with E-state index in [1.807, 2.05) is 72.8 Å². The molecule has 2 amide bonds. The van der Waals surface area contributed by atoms with Gasteiger partial charge in [-0.1, -0.05) is 84.4 Å². The molecule has 34 heavy (non-hydrogen) atoms. The summed E-state index contributed by atoms with van der Waals surface area (Å²) in [6, 6.07) is 26.0. The lowest BCUT2D eigenvalue weighted by Gasteiger charge is -2.32. The van der Waals surface area contributed by atoms with Gasteiger partial charge in [0.05, 0.1) is 0 Å². The van der Waals surface area contributed by atoms with Gasteiger partial charge in [0.1, 0.15) is 6.04 Å². The first kappa shape index (κ1) is 25.5. The summed E-state index contributed by atoms with van der Waals surface area (Å²) in [5, 5.41) is 3.61. The molecular formula is C28H31ClN2O3. The molecule has 0 radical (unpaired) electrons. The Morgan fingerprint density at radius 2 is 1.56 bits per heavy atom. The number of rotatable bonds is 12. The number of carbonyl (C=O) groups excluding carboxylic acids is 2. The van der Waals surface area contributed by atoms with E-state index in [-0.39, 0.29) is 11.8 Å². The maximum atomic E-state index is 13.6. The zero-order valence-electron chi connectivity index (χ0n) is 19.5. The Bertz CT molecular complexity index is 1030. The number of aryl methyl sites for hydroxylation is 1. The van der Waals surface area contributed by atoms with Gasteiger partial charge in [-0.25, -0.2) is 0 Å². The van der Waals surface area contributed by atoms with Gasteiger partial charge in [0, 0.05) is 38.2 Å². The molecule has 1 atom stereocenters. The average molecular weight is 479 g/mol. The van der Waals surface area contributed by atoms with Crippen molar-refractivity contribution in [2.24, 2.45) is 0 Å². The highest BCUT2D eigenvalue weighted by molar-refractivity contribution is 6.30. The third-order valence-electron chi connectivity index (χ3n) is 5.56. The van der Waals surface area contributed by atoms with Crippen LogP contribution < -0.4 is 5.32 Å². The van der Waals surface area contributed by atoms with Gasteiger partial charge in [0.25, 0.3) is 0 Å². The first-order valence-corrected chi connectivity index (χ1v) is 11.9. The number of ether oxygens (including phenoxy) is 1. The monoisotopic (exact) mass is 478 g/mol. The number of benzene rings is 3. The van der Waals surface area contributed by atoms with Crippen molar-refractivity contribution in [3.63, 3.8) is 0 Å². The number of nitrogens with zero attached hydrogens (tertiary/aromatic N) is 1. The predicted molar refractivity (Wildman–Crippen MR) is 135 cm³/mol. The lowest BCUT2D eigenvalue weighted by atomic mass is 10.0. The van der Waals surface area contributed by atoms with Gasteiger partial charge in [-0.15, -0.1) is 0 Å². The number of halogens is 1. The summed E-state index contributed by atoms with van der Waals surface area (Å²) in [4.78, 5) is 28.7. The molecule has 178 valence electrons. The lowest BCUT2D eigenvalue weighted by Crippen LogP contribution is -2.43. The number of hydrogen-bond acceptors (Lipinski definition) is 3. The van der Waals surface area contributed by atoms with Crippen molar-refractivity contribution >= 4 is 23.4 Å². The highest BCUT2D eigenvalue weighted by atomic mass is 35.5. The lowest BCUT2D eigenvalue weighted by molar-refractivity contribution is -0.141. The van der Waals surface area contributed by atoms with E-state index in [1.165, 1.54) is 0 Å². The molecule has 5 nitrogen and oxygen atoms in total. The normalized spacial score (nSPS) is 11.6. The summed E-state index contributed by atoms with van der Waals surface area (Å²) in [5.41, 5.74) is 2.77. The van der Waals surface area contributed by atoms with Crippen molar-refractivity contribution in [1.82, 2.24) is 10.2 Å². The van der Waals surface area contributed by atoms with Gasteiger partial charge < -0.3 is 15.0 Å². The molecule has 0 bridgehead atoms. The van der Waals surface area contributed by atoms with Crippen LogP contribution >= 0.6 is 11.6 Å². The standard InChI is InChI=1S/C28H31ClN2O3/c1-34-20-8-19-30-28(33)27(24-11-6-3-7-12-24)31(21-23-13-16-25(29)17-14-23)26(32)18-15-22-9-4-2-5-10-22/h2-7,9-14,16-17,27H,8,15,18-21H2,1H3,(H,30,33)/t27-/m1/s1. The fourth-order valence-corrected chi connectivity index (χ4v) is 3.91. The van der Waals surface area contributed by atoms with Crippen molar-refractivity contribution in [1.29, 1.82) is 0 Å². The minimum atomic E-state index is -0.748. The summed E-state index contributed by atoms with van der Waals surface area (Å²) in [6.07, 6.45) is 1.61. The SMILES string of the molecule is COCCCNC(=O)[C@@H](c1ccccc1)N(Cc1ccc(Cl)cc1)C(=O)CCc1ccccc1. The fraction of sp³-hybridized carbons (Fsp3) is 0.286. The molecule has 0 aromatic heterocycles. The minimum Gasteiger partial charge on any atom is -0.385 e. The molecule has 3 rings (SSSR count). The Hall–Kier alpha value is -3.15. The van der Waals surface area contributed by atoms with Gasteiger partial charge in [0.2, 0.25) is 11.8 Å². The summed E-state index contributed by atoms with van der Waals surface area (Å²) in [5.74, 6) is -0.288. The second kappa shape index (κ2) is 13.5. The molecule has 0 heterocycles. The van der Waals surface area contributed by atoms with Gasteiger partial charge in [-0.2, -0.15) is 0 Å². The summed E-state index contributed by atoms with van der Waals surface area (Å²) < 4.78 is 5.09. The van der Waals surface area contributed by atoms with Crippen LogP contribution in [0.25, 0.3) is 0 Å². The van der Waals surface area contributed by atoms with E-state index in [2.05, 4.69) is 5.32 Å². The van der Waals surface area contributed by atoms with Crippen LogP contribution in [-0.2, 0) is 27.3 Å². The van der Waals surface area contributed by atoms with Crippen molar-refractivity contribution in [2.45, 2.75) is 31.8 Å². The fourth-order valence-electron chi connectivity index (χ4n) is 3.78. The van der Waals surface area contributed by atoms with Gasteiger partial charge >= 0.3 is 0 Å². The number of methoxy groups -OCH3 is 1. The van der Waals surface area contributed by atoms with Crippen LogP contribution in [0.1, 0.15) is 35.6 Å². The maximum absolute atomic E-state index is 13.6. The Labute approximate surface area is 206 Å². The van der Waals surface area contributed by atoms with E-state index >= 15 is 0 Å². The molecule has 0 spiro atoms. The summed E-state index contributed by atoms with van der Waals surface area (Å²) in [6.45, 7) is 1.33. The van der Waals surface area contributed by atoms with Gasteiger partial charge in [-0.3, -0.25) is 9.59 Å². The third kappa shape index (κ3) is 7.72. The van der Waals surface area contributed by atoms with Crippen LogP contribution in [0.15, 0.2) is 84.9 Å². The zero-order valence-corrected chi connectivity index (χ0v) is 20.2. The van der Waals surface area contributed by atoms with E-state index in [9.17, 15) is 9.59 Å². The molecule has 0 saturated carbocycles. The van der Waals surface area contributed by atoms with Crippen molar-refractivity contribution < 1.29 is 14.3 Å². The first-order valence-electron chi connectivity index (χ1n) is 11.5. The number of amides is 2. The topological polar surface area (TPSA) is 58.6 Å². The highest BCUT2D eigenvalue weighted by Crippen LogP contribution is 2.25.